The van der Waals surface area contributed by atoms with Gasteiger partial charge in [-0.05, 0) is 63.9 Å². The molecule has 1 aliphatic heterocycles. The van der Waals surface area contributed by atoms with Gasteiger partial charge < -0.3 is 23.5 Å². The van der Waals surface area contributed by atoms with Crippen molar-refractivity contribution in [3.63, 3.8) is 0 Å². The van der Waals surface area contributed by atoms with Crippen molar-refractivity contribution >= 4 is 48.9 Å². The summed E-state index contributed by atoms with van der Waals surface area (Å²) in [5.41, 5.74) is -1.73. The average molecular weight is 757 g/mol. The molecule has 1 aliphatic carbocycles. The molecular weight excluding hydrogens is 711 g/mol. The van der Waals surface area contributed by atoms with Gasteiger partial charge in [0.2, 0.25) is 17.7 Å². The summed E-state index contributed by atoms with van der Waals surface area (Å²) in [7, 11) is 1.88. The van der Waals surface area contributed by atoms with Gasteiger partial charge in [-0.3, -0.25) is 9.79 Å². The molecule has 3 aromatic rings. The molecule has 3 atom stereocenters. The summed E-state index contributed by atoms with van der Waals surface area (Å²) in [6.45, 7) is 14.0. The second kappa shape index (κ2) is 15.1. The van der Waals surface area contributed by atoms with Crippen LogP contribution in [0.2, 0.25) is 25.7 Å². The van der Waals surface area contributed by atoms with Gasteiger partial charge >= 0.3 is 6.09 Å². The van der Waals surface area contributed by atoms with Crippen molar-refractivity contribution in [3.8, 4) is 5.88 Å². The van der Waals surface area contributed by atoms with E-state index in [4.69, 9.17) is 23.6 Å². The van der Waals surface area contributed by atoms with Crippen LogP contribution < -0.4 is 4.74 Å². The van der Waals surface area contributed by atoms with E-state index in [1.54, 1.807) is 41.8 Å². The van der Waals surface area contributed by atoms with Gasteiger partial charge in [-0.15, -0.1) is 0 Å². The zero-order chi connectivity index (χ0) is 38.1. The number of hydrogen-bond acceptors (Lipinski definition) is 11. The monoisotopic (exact) mass is 756 g/mol. The van der Waals surface area contributed by atoms with E-state index >= 15 is 8.78 Å². The largest absolute Gasteiger partial charge is 0.467 e. The molecule has 12 nitrogen and oxygen atoms in total. The number of nitrogens with zero attached hydrogens (tertiary/aromatic N) is 6. The zero-order valence-corrected chi connectivity index (χ0v) is 32.8. The Bertz CT molecular complexity index is 1830. The lowest BCUT2D eigenvalue weighted by Gasteiger charge is -2.38. The number of benzene rings is 1. The SMILES string of the molecule is CN(C)C(=O)[C@]12C[C@H]1[C@@](C)(c1cc(/C=C(\F)c3cnc(OCc4ncco4)cn3)ccc1F)N=C(N(COCC[Si](C)(C)C)C(=O)OC(C)(C)C)S2. The van der Waals surface area contributed by atoms with E-state index in [0.29, 0.717) is 24.5 Å². The highest BCUT2D eigenvalue weighted by Gasteiger charge is 2.71. The molecule has 0 N–H and O–H groups in total. The Kier molecular flexibility index (Phi) is 11.3. The van der Waals surface area contributed by atoms with Crippen LogP contribution in [0, 0.1) is 11.7 Å². The van der Waals surface area contributed by atoms with Crippen molar-refractivity contribution in [3.05, 3.63) is 71.6 Å². The van der Waals surface area contributed by atoms with E-state index in [9.17, 15) is 9.59 Å². The Morgan fingerprint density at radius 1 is 1.15 bits per heavy atom. The molecular formula is C36H46F2N6O6SSi. The first-order valence-corrected chi connectivity index (χ1v) is 21.4. The van der Waals surface area contributed by atoms with E-state index in [1.165, 1.54) is 70.7 Å². The number of oxazole rings is 1. The molecule has 0 spiro atoms. The first-order valence-electron chi connectivity index (χ1n) is 16.9. The summed E-state index contributed by atoms with van der Waals surface area (Å²) in [6.07, 6.45) is 6.31. The maximum Gasteiger partial charge on any atom is 0.418 e. The smallest absolute Gasteiger partial charge is 0.418 e. The molecule has 1 fully saturated rings. The standard InChI is InChI=1S/C36H46F2N6O6SSi/c1-34(2,3)50-33(46)44(22-47-14-15-52(7,8)9)32-42-35(4,28-18-36(28,51-32)31(45)43(5)6)24-16-23(10-11-25(24)37)17-26(38)27-19-41-29(20-40-27)49-21-30-39-12-13-48-30/h10-13,16-17,19-20,28H,14-15,18,21-22H2,1-9H3/b26-17-/t28-,35+,36-/m0/s1. The topological polar surface area (TPSA) is 132 Å². The van der Waals surface area contributed by atoms with E-state index in [0.717, 1.165) is 6.04 Å². The Hall–Kier alpha value is -4.15. The summed E-state index contributed by atoms with van der Waals surface area (Å²) >= 11 is 1.17. The van der Waals surface area contributed by atoms with Crippen LogP contribution in [0.25, 0.3) is 11.9 Å². The minimum Gasteiger partial charge on any atom is -0.467 e. The van der Waals surface area contributed by atoms with Gasteiger partial charge in [0.05, 0.1) is 24.1 Å². The van der Waals surface area contributed by atoms with Crippen molar-refractivity contribution in [1.29, 1.82) is 0 Å². The molecule has 52 heavy (non-hydrogen) atoms. The number of aliphatic imine (C=N–C) groups is 1. The molecule has 5 rings (SSSR count). The molecule has 0 unspecified atom stereocenters. The number of hydrogen-bond donors (Lipinski definition) is 0. The summed E-state index contributed by atoms with van der Waals surface area (Å²) in [6, 6.07) is 5.06. The minimum absolute atomic E-state index is 0.0305. The molecule has 16 heteroatoms. The van der Waals surface area contributed by atoms with Crippen LogP contribution in [0.4, 0.5) is 13.6 Å². The van der Waals surface area contributed by atoms with Gasteiger partial charge in [0.15, 0.2) is 17.6 Å². The van der Waals surface area contributed by atoms with Crippen molar-refractivity contribution in [2.45, 2.75) is 82.3 Å². The Morgan fingerprint density at radius 3 is 2.52 bits per heavy atom. The fourth-order valence-electron chi connectivity index (χ4n) is 5.75. The number of rotatable bonds is 12. The van der Waals surface area contributed by atoms with Gasteiger partial charge in [0, 0.05) is 40.3 Å². The van der Waals surface area contributed by atoms with E-state index in [2.05, 4.69) is 34.6 Å². The Balaban J connectivity index is 1.48. The molecule has 3 heterocycles. The number of ether oxygens (including phenoxy) is 3. The molecule has 0 saturated heterocycles. The lowest BCUT2D eigenvalue weighted by Crippen LogP contribution is -2.48. The van der Waals surface area contributed by atoms with Crippen LogP contribution >= 0.6 is 11.8 Å². The van der Waals surface area contributed by atoms with Gasteiger partial charge in [-0.1, -0.05) is 37.5 Å². The molecule has 2 aliphatic rings. The number of halogens is 2. The third kappa shape index (κ3) is 9.07. The van der Waals surface area contributed by atoms with Gasteiger partial charge in [-0.2, -0.15) is 0 Å². The predicted octanol–water partition coefficient (Wildman–Crippen LogP) is 7.36. The highest BCUT2D eigenvalue weighted by molar-refractivity contribution is 8.16. The second-order valence-electron chi connectivity index (χ2n) is 15.4. The molecule has 0 bridgehead atoms. The summed E-state index contributed by atoms with van der Waals surface area (Å²) in [4.78, 5) is 47.5. The highest BCUT2D eigenvalue weighted by Crippen LogP contribution is 2.67. The molecule has 0 radical (unpaired) electrons. The van der Waals surface area contributed by atoms with Crippen LogP contribution in [0.3, 0.4) is 0 Å². The van der Waals surface area contributed by atoms with Crippen LogP contribution in [-0.2, 0) is 26.4 Å². The van der Waals surface area contributed by atoms with Gasteiger partial charge in [-0.25, -0.2) is 33.4 Å². The van der Waals surface area contributed by atoms with Crippen molar-refractivity contribution in [2.24, 2.45) is 10.9 Å². The van der Waals surface area contributed by atoms with Gasteiger partial charge in [0.25, 0.3) is 0 Å². The fourth-order valence-corrected chi connectivity index (χ4v) is 8.19. The average Bonchev–Trinajstić information content (AvgIpc) is 3.59. The van der Waals surface area contributed by atoms with Crippen molar-refractivity contribution in [1.82, 2.24) is 24.8 Å². The number of carbonyl (C=O) groups is 2. The summed E-state index contributed by atoms with van der Waals surface area (Å²) < 4.78 is 52.8. The second-order valence-corrected chi connectivity index (χ2v) is 22.4. The Labute approximate surface area is 308 Å². The first kappa shape index (κ1) is 39.1. The number of aromatic nitrogens is 3. The minimum atomic E-state index is -1.44. The van der Waals surface area contributed by atoms with Gasteiger partial charge in [0.1, 0.15) is 34.9 Å². The number of fused-ring (bicyclic) bond motifs is 1. The van der Waals surface area contributed by atoms with E-state index in [-0.39, 0.29) is 41.5 Å². The summed E-state index contributed by atoms with van der Waals surface area (Å²) in [5.74, 6) is -1.41. The number of amides is 2. The van der Waals surface area contributed by atoms with E-state index in [1.807, 2.05) is 0 Å². The third-order valence-electron chi connectivity index (χ3n) is 8.55. The molecule has 2 aromatic heterocycles. The summed E-state index contributed by atoms with van der Waals surface area (Å²) in [5, 5.41) is 0.181. The lowest BCUT2D eigenvalue weighted by atomic mass is 9.84. The van der Waals surface area contributed by atoms with Crippen LogP contribution in [-0.4, -0.2) is 87.8 Å². The van der Waals surface area contributed by atoms with Crippen LogP contribution in [0.1, 0.15) is 56.8 Å². The quantitative estimate of drug-likeness (QED) is 0.105. The number of carbonyl (C=O) groups excluding carboxylic acids is 2. The zero-order valence-electron chi connectivity index (χ0n) is 31.0. The highest BCUT2D eigenvalue weighted by atomic mass is 32.2. The fraction of sp³-hybridized carbons (Fsp3) is 0.500. The van der Waals surface area contributed by atoms with E-state index < -0.39 is 47.6 Å². The Morgan fingerprint density at radius 2 is 1.90 bits per heavy atom. The van der Waals surface area contributed by atoms with Crippen molar-refractivity contribution < 1.29 is 37.0 Å². The van der Waals surface area contributed by atoms with Crippen LogP contribution in [0.5, 0.6) is 5.88 Å². The normalized spacial score (nSPS) is 21.6. The number of amidine groups is 1. The van der Waals surface area contributed by atoms with Crippen LogP contribution in [0.15, 0.2) is 52.5 Å². The maximum atomic E-state index is 16.0. The maximum absolute atomic E-state index is 16.0. The van der Waals surface area contributed by atoms with Crippen molar-refractivity contribution in [2.75, 3.05) is 27.4 Å². The molecule has 1 saturated carbocycles. The lowest BCUT2D eigenvalue weighted by molar-refractivity contribution is -0.129. The molecule has 280 valence electrons. The predicted molar refractivity (Wildman–Crippen MR) is 197 cm³/mol. The number of thioether (sulfide) groups is 1. The third-order valence-corrected chi connectivity index (χ3v) is 11.7. The molecule has 1 aromatic carbocycles. The first-order chi connectivity index (χ1) is 24.3. The molecule has 2 amide bonds.